The van der Waals surface area contributed by atoms with E-state index in [-0.39, 0.29) is 58.2 Å². The van der Waals surface area contributed by atoms with Crippen molar-refractivity contribution in [3.8, 4) is 0 Å². The van der Waals surface area contributed by atoms with E-state index in [1.54, 1.807) is 6.92 Å². The van der Waals surface area contributed by atoms with E-state index in [2.05, 4.69) is 70.1 Å². The van der Waals surface area contributed by atoms with E-state index in [4.69, 9.17) is 23.6 Å². The molecule has 0 saturated carbocycles. The zero-order valence-corrected chi connectivity index (χ0v) is 57.4. The molecule has 28 heteroatoms. The Morgan fingerprint density at radius 1 is 0.436 bits per heavy atom. The number of hydrogen-bond acceptors (Lipinski definition) is 17. The van der Waals surface area contributed by atoms with Gasteiger partial charge >= 0.3 is 31.7 Å². The molecule has 94 heavy (non-hydrogen) atoms. The van der Waals surface area contributed by atoms with Crippen LogP contribution in [0, 0.1) is 5.92 Å². The van der Waals surface area contributed by atoms with Crippen LogP contribution in [0.15, 0.2) is 24.3 Å². The molecule has 0 aliphatic carbocycles. The first-order valence-corrected chi connectivity index (χ1v) is 35.7. The zero-order chi connectivity index (χ0) is 69.9. The minimum Gasteiger partial charge on any atom is -0.481 e. The molecule has 3 atom stereocenters. The number of nitrogens with zero attached hydrogens (tertiary/aromatic N) is 1. The lowest BCUT2D eigenvalue weighted by Crippen LogP contribution is -2.45. The highest BCUT2D eigenvalue weighted by Gasteiger charge is 2.28. The monoisotopic (exact) mass is 1360 g/mol. The van der Waals surface area contributed by atoms with E-state index in [0.29, 0.717) is 12.8 Å². The summed E-state index contributed by atoms with van der Waals surface area (Å²) < 4.78 is 34.0. The quantitative estimate of drug-likeness (QED) is 0.0121. The zero-order valence-electron chi connectivity index (χ0n) is 56.5. The summed E-state index contributed by atoms with van der Waals surface area (Å²) in [5, 5.41) is 31.9. The van der Waals surface area contributed by atoms with Crippen LogP contribution >= 0.6 is 7.82 Å². The van der Waals surface area contributed by atoms with Gasteiger partial charge in [0.05, 0.1) is 52.4 Å². The lowest BCUT2D eigenvalue weighted by Gasteiger charge is -2.20. The molecule has 538 valence electrons. The largest absolute Gasteiger partial charge is 0.481 e. The van der Waals surface area contributed by atoms with Gasteiger partial charge in [-0.25, -0.2) is 4.57 Å². The van der Waals surface area contributed by atoms with Gasteiger partial charge in [0, 0.05) is 51.1 Å². The Hall–Kier alpha value is -6.57. The Morgan fingerprint density at radius 2 is 0.851 bits per heavy atom. The van der Waals surface area contributed by atoms with E-state index >= 15 is 0 Å². The van der Waals surface area contributed by atoms with E-state index in [1.165, 1.54) is 77.0 Å². The Kier molecular flexibility index (Phi) is 54.8. The Labute approximate surface area is 556 Å². The highest BCUT2D eigenvalue weighted by Crippen LogP contribution is 2.43. The minimum atomic E-state index is -4.74. The molecule has 9 N–H and O–H groups in total. The van der Waals surface area contributed by atoms with Crippen LogP contribution in [0.3, 0.4) is 0 Å². The summed E-state index contributed by atoms with van der Waals surface area (Å²) in [6.07, 6.45) is 35.9. The molecule has 0 aliphatic rings. The average molecular weight is 1360 g/mol. The van der Waals surface area contributed by atoms with Crippen LogP contribution in [0.5, 0.6) is 0 Å². The van der Waals surface area contributed by atoms with Crippen LogP contribution in [-0.2, 0) is 80.6 Å². The number of allylic oxidation sites excluding steroid dienone is 4. The molecule has 0 aromatic rings. The van der Waals surface area contributed by atoms with Crippen molar-refractivity contribution in [1.82, 2.24) is 36.8 Å². The van der Waals surface area contributed by atoms with Gasteiger partial charge in [0.2, 0.25) is 41.4 Å². The van der Waals surface area contributed by atoms with Crippen LogP contribution in [0.25, 0.3) is 0 Å². The van der Waals surface area contributed by atoms with Crippen LogP contribution in [-0.4, -0.2) is 169 Å². The van der Waals surface area contributed by atoms with Crippen molar-refractivity contribution in [2.45, 2.75) is 245 Å². The fraction of sp³-hybridized carbons (Fsp3) is 0.758. The maximum atomic E-state index is 12.9. The van der Waals surface area contributed by atoms with Gasteiger partial charge in [0.25, 0.3) is 0 Å². The van der Waals surface area contributed by atoms with E-state index in [0.717, 1.165) is 81.9 Å². The maximum Gasteiger partial charge on any atom is 0.472 e. The minimum absolute atomic E-state index is 0.0238. The summed E-state index contributed by atoms with van der Waals surface area (Å²) in [5.41, 5.74) is 0. The number of Topliss-reactive ketones (excluding diaryl/α,β-unsaturated/α-hetero) is 1. The van der Waals surface area contributed by atoms with Gasteiger partial charge < -0.3 is 61.4 Å². The van der Waals surface area contributed by atoms with Crippen LogP contribution in [0.4, 0.5) is 0 Å². The van der Waals surface area contributed by atoms with Gasteiger partial charge in [-0.05, 0) is 84.0 Å². The normalized spacial score (nSPS) is 12.5. The highest BCUT2D eigenvalue weighted by atomic mass is 31.2. The molecule has 0 aromatic heterocycles. The van der Waals surface area contributed by atoms with Crippen molar-refractivity contribution in [2.75, 3.05) is 72.2 Å². The number of aliphatic carboxylic acids is 2. The topological polar surface area (TPSA) is 395 Å². The van der Waals surface area contributed by atoms with Crippen molar-refractivity contribution >= 4 is 78.8 Å². The number of rotatable bonds is 63. The summed E-state index contributed by atoms with van der Waals surface area (Å²) in [7, 11) is -4.74. The SMILES string of the molecule is CCCCCCCCC=CCCCCCCCC(=O)OCC(COP(=O)(O)OCCNC(=O)CCCCC(=O)NCC(=O)NCC(=O)NCC(=O)C(CC(=O)O)CC(=O)NCC(=O)NCC(=O)N(CC)CC(=O)O)OC(=O)CCCCCCCC=CCCCCCCCC. The second-order valence-corrected chi connectivity index (χ2v) is 24.7. The number of phosphoric acid groups is 1. The second kappa shape index (κ2) is 59.0. The number of carboxylic acids is 2. The van der Waals surface area contributed by atoms with Gasteiger partial charge in [0.1, 0.15) is 13.2 Å². The van der Waals surface area contributed by atoms with Crippen molar-refractivity contribution < 1.29 is 95.7 Å². The highest BCUT2D eigenvalue weighted by molar-refractivity contribution is 7.47. The van der Waals surface area contributed by atoms with Gasteiger partial charge in [-0.15, -0.1) is 0 Å². The number of carboxylic acid groups (broad SMARTS) is 2. The molecule has 0 aliphatic heterocycles. The fourth-order valence-corrected chi connectivity index (χ4v) is 10.1. The third-order valence-electron chi connectivity index (χ3n) is 14.8. The number of hydrogen-bond donors (Lipinski definition) is 9. The third-order valence-corrected chi connectivity index (χ3v) is 15.8. The molecular formula is C66H114N7O20P. The molecule has 0 rings (SSSR count). The maximum absolute atomic E-state index is 12.9. The molecule has 0 aromatic carbocycles. The average Bonchev–Trinajstić information content (AvgIpc) is 1.57. The van der Waals surface area contributed by atoms with Crippen molar-refractivity contribution in [1.29, 1.82) is 0 Å². The van der Waals surface area contributed by atoms with Crippen molar-refractivity contribution in [3.63, 3.8) is 0 Å². The number of unbranched alkanes of at least 4 members (excludes halogenated alkanes) is 23. The molecule has 3 unspecified atom stereocenters. The predicted molar refractivity (Wildman–Crippen MR) is 353 cm³/mol. The van der Waals surface area contributed by atoms with E-state index < -0.39 is 156 Å². The smallest absolute Gasteiger partial charge is 0.472 e. The number of nitrogens with one attached hydrogen (secondary N) is 6. The standard InChI is InChI=1S/C66H114N7O20P/c1-4-7-9-11-13-15-17-19-21-23-25-27-29-31-33-39-65(86)90-51-54(93-66(87)40-34-32-30-28-26-24-22-20-18-16-14-12-10-8-5-2)52-92-94(88,89)91-42-41-67-56(75)37-35-36-38-57(76)69-46-60(79)71-48-59(78)68-45-55(74)53(44-63(82)83)43-58(77)70-47-61(80)72-49-62(81)73(6-3)50-64(84)85/h19-22,53-54H,4-18,23-52H2,1-3H3,(H,67,75)(H,68,78)(H,69,76)(H,70,77)(H,71,79)(H,72,80)(H,82,83)(H,84,85)(H,88,89). The predicted octanol–water partition coefficient (Wildman–Crippen LogP) is 7.89. The summed E-state index contributed by atoms with van der Waals surface area (Å²) >= 11 is 0. The number of esters is 2. The summed E-state index contributed by atoms with van der Waals surface area (Å²) in [5.74, 6) is -11.0. The molecule has 27 nitrogen and oxygen atoms in total. The van der Waals surface area contributed by atoms with Crippen molar-refractivity contribution in [3.05, 3.63) is 24.3 Å². The molecule has 0 bridgehead atoms. The number of phosphoric ester groups is 1. The number of carbonyl (C=O) groups excluding carboxylic acids is 10. The first kappa shape index (κ1) is 87.4. The van der Waals surface area contributed by atoms with Crippen LogP contribution < -0.4 is 31.9 Å². The van der Waals surface area contributed by atoms with E-state index in [9.17, 15) is 72.1 Å². The number of likely N-dealkylation sites (N-methyl/N-ethyl adjacent to an activating group) is 1. The first-order chi connectivity index (χ1) is 45.1. The van der Waals surface area contributed by atoms with Gasteiger partial charge in [-0.3, -0.25) is 66.6 Å². The lowest BCUT2D eigenvalue weighted by atomic mass is 9.95. The Bertz CT molecular complexity index is 2320. The third kappa shape index (κ3) is 55.8. The fourth-order valence-electron chi connectivity index (χ4n) is 9.30. The summed E-state index contributed by atoms with van der Waals surface area (Å²) in [6, 6.07) is 0. The molecule has 0 radical (unpaired) electrons. The lowest BCUT2D eigenvalue weighted by molar-refractivity contribution is -0.161. The Balaban J connectivity index is 4.76. The number of carbonyl (C=O) groups is 12. The molecule has 0 saturated heterocycles. The van der Waals surface area contributed by atoms with Gasteiger partial charge in [0.15, 0.2) is 11.9 Å². The molecule has 0 heterocycles. The summed E-state index contributed by atoms with van der Waals surface area (Å²) in [4.78, 5) is 158. The van der Waals surface area contributed by atoms with Gasteiger partial charge in [-0.1, -0.05) is 141 Å². The van der Waals surface area contributed by atoms with E-state index in [1.807, 2.05) is 0 Å². The van der Waals surface area contributed by atoms with Crippen LogP contribution in [0.2, 0.25) is 0 Å². The molecule has 0 fully saturated rings. The Morgan fingerprint density at radius 3 is 1.33 bits per heavy atom. The first-order valence-electron chi connectivity index (χ1n) is 34.2. The molecule has 0 spiro atoms. The number of ketones is 1. The van der Waals surface area contributed by atoms with Crippen LogP contribution in [0.1, 0.15) is 239 Å². The molecular weight excluding hydrogens is 1240 g/mol. The van der Waals surface area contributed by atoms with Crippen molar-refractivity contribution in [2.24, 2.45) is 5.92 Å². The van der Waals surface area contributed by atoms with Gasteiger partial charge in [-0.2, -0.15) is 0 Å². The number of ether oxygens (including phenoxy) is 2. The number of amides is 7. The summed E-state index contributed by atoms with van der Waals surface area (Å²) in [6.45, 7) is 0.797. The second-order valence-electron chi connectivity index (χ2n) is 23.3. The molecule has 7 amide bonds.